The van der Waals surface area contributed by atoms with E-state index in [1.54, 1.807) is 30.1 Å². The summed E-state index contributed by atoms with van der Waals surface area (Å²) in [6.07, 6.45) is 1.49. The van der Waals surface area contributed by atoms with Crippen molar-refractivity contribution in [3.63, 3.8) is 0 Å². The number of hydrogen-bond acceptors (Lipinski definition) is 5. The number of benzene rings is 2. The molecule has 2 aromatic carbocycles. The van der Waals surface area contributed by atoms with Crippen LogP contribution in [-0.4, -0.2) is 41.2 Å². The highest BCUT2D eigenvalue weighted by Crippen LogP contribution is 2.26. The fraction of sp³-hybridized carbons (Fsp3) is 0.208. The normalized spacial score (nSPS) is 12.8. The van der Waals surface area contributed by atoms with Crippen molar-refractivity contribution in [3.8, 4) is 5.75 Å². The summed E-state index contributed by atoms with van der Waals surface area (Å²) >= 11 is 0. The molecule has 7 heteroatoms. The van der Waals surface area contributed by atoms with Crippen LogP contribution in [0.25, 0.3) is 0 Å². The first kappa shape index (κ1) is 20.4. The molecule has 1 aliphatic rings. The summed E-state index contributed by atoms with van der Waals surface area (Å²) in [5, 5.41) is 0. The third kappa shape index (κ3) is 4.07. The van der Waals surface area contributed by atoms with Gasteiger partial charge in [-0.3, -0.25) is 19.3 Å². The summed E-state index contributed by atoms with van der Waals surface area (Å²) in [5.74, 6) is 0.238. The highest BCUT2D eigenvalue weighted by atomic mass is 16.5. The Bertz CT molecular complexity index is 1120. The van der Waals surface area contributed by atoms with Gasteiger partial charge in [-0.05, 0) is 55.0 Å². The minimum atomic E-state index is -0.430. The van der Waals surface area contributed by atoms with Crippen molar-refractivity contribution < 1.29 is 23.5 Å². The molecular weight excluding hydrogens is 396 g/mol. The van der Waals surface area contributed by atoms with Crippen LogP contribution >= 0.6 is 0 Å². The zero-order valence-electron chi connectivity index (χ0n) is 17.3. The predicted molar refractivity (Wildman–Crippen MR) is 113 cm³/mol. The molecule has 0 bridgehead atoms. The maximum atomic E-state index is 12.9. The van der Waals surface area contributed by atoms with E-state index in [4.69, 9.17) is 9.15 Å². The lowest BCUT2D eigenvalue weighted by Gasteiger charge is -2.18. The van der Waals surface area contributed by atoms with Crippen molar-refractivity contribution in [1.29, 1.82) is 0 Å². The molecule has 7 nitrogen and oxygen atoms in total. The lowest BCUT2D eigenvalue weighted by atomic mass is 10.0. The smallest absolute Gasteiger partial charge is 0.261 e. The number of nitrogens with zero attached hydrogens (tertiary/aromatic N) is 2. The minimum absolute atomic E-state index is 0.0558. The number of carbonyl (C=O) groups is 3. The predicted octanol–water partition coefficient (Wildman–Crippen LogP) is 3.75. The first-order chi connectivity index (χ1) is 15.0. The molecule has 31 heavy (non-hydrogen) atoms. The van der Waals surface area contributed by atoms with Crippen LogP contribution in [-0.2, 0) is 13.1 Å². The summed E-state index contributed by atoms with van der Waals surface area (Å²) in [7, 11) is 1.70. The van der Waals surface area contributed by atoms with Gasteiger partial charge in [-0.15, -0.1) is 0 Å². The van der Waals surface area contributed by atoms with Gasteiger partial charge in [0.15, 0.2) is 0 Å². The van der Waals surface area contributed by atoms with Crippen molar-refractivity contribution in [2.24, 2.45) is 0 Å². The van der Waals surface area contributed by atoms with Gasteiger partial charge < -0.3 is 14.1 Å². The van der Waals surface area contributed by atoms with Gasteiger partial charge in [0.05, 0.1) is 30.5 Å². The molecular formula is C24H22N2O5. The van der Waals surface area contributed by atoms with E-state index < -0.39 is 11.8 Å². The zero-order valence-corrected chi connectivity index (χ0v) is 17.3. The topological polar surface area (TPSA) is 80.1 Å². The molecule has 3 aromatic rings. The summed E-state index contributed by atoms with van der Waals surface area (Å²) in [4.78, 5) is 41.0. The van der Waals surface area contributed by atoms with Gasteiger partial charge in [0.25, 0.3) is 17.7 Å². The van der Waals surface area contributed by atoms with Gasteiger partial charge in [-0.1, -0.05) is 12.1 Å². The van der Waals surface area contributed by atoms with Crippen molar-refractivity contribution in [1.82, 2.24) is 9.80 Å². The van der Waals surface area contributed by atoms with E-state index >= 15 is 0 Å². The Morgan fingerprint density at radius 3 is 2.45 bits per heavy atom. The van der Waals surface area contributed by atoms with Crippen molar-refractivity contribution in [2.45, 2.75) is 20.0 Å². The van der Waals surface area contributed by atoms with Crippen LogP contribution in [0.4, 0.5) is 0 Å². The molecule has 0 spiro atoms. The Labute approximate surface area is 179 Å². The highest BCUT2D eigenvalue weighted by Gasteiger charge is 2.36. The third-order valence-corrected chi connectivity index (χ3v) is 5.11. The van der Waals surface area contributed by atoms with E-state index in [-0.39, 0.29) is 18.0 Å². The maximum Gasteiger partial charge on any atom is 0.261 e. The fourth-order valence-corrected chi connectivity index (χ4v) is 3.55. The second-order valence-corrected chi connectivity index (χ2v) is 7.27. The Hall–Kier alpha value is -3.87. The van der Waals surface area contributed by atoms with Gasteiger partial charge in [-0.2, -0.15) is 0 Å². The summed E-state index contributed by atoms with van der Waals surface area (Å²) in [5.41, 5.74) is 1.84. The average molecular weight is 418 g/mol. The quantitative estimate of drug-likeness (QED) is 0.546. The number of ether oxygens (including phenoxy) is 1. The zero-order chi connectivity index (χ0) is 22.0. The van der Waals surface area contributed by atoms with Crippen LogP contribution in [0.15, 0.2) is 65.3 Å². The Morgan fingerprint density at radius 2 is 1.77 bits per heavy atom. The fourth-order valence-electron chi connectivity index (χ4n) is 3.55. The number of rotatable bonds is 7. The molecule has 0 fully saturated rings. The average Bonchev–Trinajstić information content (AvgIpc) is 3.37. The monoisotopic (exact) mass is 418 g/mol. The number of carbonyl (C=O) groups excluding carboxylic acids is 3. The van der Waals surface area contributed by atoms with Gasteiger partial charge in [0.2, 0.25) is 0 Å². The number of fused-ring (bicyclic) bond motifs is 1. The molecule has 1 aliphatic heterocycles. The van der Waals surface area contributed by atoms with E-state index in [2.05, 4.69) is 0 Å². The summed E-state index contributed by atoms with van der Waals surface area (Å²) in [6.45, 7) is 2.97. The molecule has 0 saturated heterocycles. The molecule has 0 unspecified atom stereocenters. The van der Waals surface area contributed by atoms with Crippen LogP contribution in [0.5, 0.6) is 5.75 Å². The second kappa shape index (κ2) is 8.47. The van der Waals surface area contributed by atoms with Gasteiger partial charge in [0, 0.05) is 19.2 Å². The minimum Gasteiger partial charge on any atom is -0.494 e. The van der Waals surface area contributed by atoms with Crippen LogP contribution < -0.4 is 4.74 Å². The number of imide groups is 1. The molecule has 0 radical (unpaired) electrons. The molecule has 0 N–H and O–H groups in total. The van der Waals surface area contributed by atoms with Crippen LogP contribution in [0.1, 0.15) is 49.3 Å². The molecule has 0 aliphatic carbocycles. The molecule has 3 amide bonds. The standard InChI is InChI=1S/C24H22N2O5/c1-3-30-18-9-6-16(7-10-18)14-25(2)22(27)17-8-11-20-21(13-17)24(29)26(23(20)28)15-19-5-4-12-31-19/h4-13H,3,14-15H2,1-2H3. The SMILES string of the molecule is CCOc1ccc(CN(C)C(=O)c2ccc3c(c2)C(=O)N(Cc2ccco2)C3=O)cc1. The summed E-state index contributed by atoms with van der Waals surface area (Å²) in [6, 6.07) is 15.6. The number of hydrogen-bond donors (Lipinski definition) is 0. The first-order valence-electron chi connectivity index (χ1n) is 9.97. The molecule has 158 valence electrons. The van der Waals surface area contributed by atoms with E-state index in [0.29, 0.717) is 30.0 Å². The lowest BCUT2D eigenvalue weighted by molar-refractivity contribution is 0.0631. The van der Waals surface area contributed by atoms with Crippen molar-refractivity contribution in [2.75, 3.05) is 13.7 Å². The first-order valence-corrected chi connectivity index (χ1v) is 9.97. The number of furan rings is 1. The van der Waals surface area contributed by atoms with E-state index in [9.17, 15) is 14.4 Å². The highest BCUT2D eigenvalue weighted by molar-refractivity contribution is 6.22. The van der Waals surface area contributed by atoms with E-state index in [0.717, 1.165) is 16.2 Å². The largest absolute Gasteiger partial charge is 0.494 e. The van der Waals surface area contributed by atoms with E-state index in [1.165, 1.54) is 18.4 Å². The van der Waals surface area contributed by atoms with E-state index in [1.807, 2.05) is 31.2 Å². The molecule has 0 atom stereocenters. The van der Waals surface area contributed by atoms with Crippen LogP contribution in [0.2, 0.25) is 0 Å². The molecule has 4 rings (SSSR count). The Kier molecular flexibility index (Phi) is 5.58. The molecule has 2 heterocycles. The number of amides is 3. The van der Waals surface area contributed by atoms with Gasteiger partial charge in [0.1, 0.15) is 11.5 Å². The Morgan fingerprint density at radius 1 is 1.03 bits per heavy atom. The molecule has 0 saturated carbocycles. The maximum absolute atomic E-state index is 12.9. The summed E-state index contributed by atoms with van der Waals surface area (Å²) < 4.78 is 10.7. The third-order valence-electron chi connectivity index (χ3n) is 5.11. The Balaban J connectivity index is 1.48. The van der Waals surface area contributed by atoms with Crippen LogP contribution in [0.3, 0.4) is 0 Å². The lowest BCUT2D eigenvalue weighted by Crippen LogP contribution is -2.29. The van der Waals surface area contributed by atoms with Gasteiger partial charge in [-0.25, -0.2) is 0 Å². The molecule has 1 aromatic heterocycles. The van der Waals surface area contributed by atoms with Crippen molar-refractivity contribution in [3.05, 3.63) is 88.9 Å². The second-order valence-electron chi connectivity index (χ2n) is 7.27. The van der Waals surface area contributed by atoms with Gasteiger partial charge >= 0.3 is 0 Å². The van der Waals surface area contributed by atoms with Crippen molar-refractivity contribution >= 4 is 17.7 Å². The van der Waals surface area contributed by atoms with Crippen LogP contribution in [0, 0.1) is 0 Å².